The lowest BCUT2D eigenvalue weighted by atomic mass is 10.0. The fraction of sp³-hybridized carbons (Fsp3) is 0.429. The second kappa shape index (κ2) is 6.17. The van der Waals surface area contributed by atoms with Gasteiger partial charge in [-0.3, -0.25) is 9.59 Å². The third-order valence-corrected chi connectivity index (χ3v) is 3.53. The Morgan fingerprint density at radius 2 is 2.10 bits per heavy atom. The number of carbonyl (C=O) groups is 2. The predicted molar refractivity (Wildman–Crippen MR) is 68.8 cm³/mol. The van der Waals surface area contributed by atoms with Crippen LogP contribution in [-0.4, -0.2) is 47.7 Å². The van der Waals surface area contributed by atoms with E-state index in [0.29, 0.717) is 6.07 Å². The summed E-state index contributed by atoms with van der Waals surface area (Å²) in [5, 5.41) is 9.13. The highest BCUT2D eigenvalue weighted by Crippen LogP contribution is 2.23. The van der Waals surface area contributed by atoms with Crippen LogP contribution < -0.4 is 0 Å². The van der Waals surface area contributed by atoms with Gasteiger partial charge in [0.05, 0.1) is 24.8 Å². The van der Waals surface area contributed by atoms with Crippen molar-refractivity contribution in [3.63, 3.8) is 0 Å². The van der Waals surface area contributed by atoms with E-state index in [1.54, 1.807) is 6.92 Å². The van der Waals surface area contributed by atoms with E-state index in [1.165, 1.54) is 4.90 Å². The maximum absolute atomic E-state index is 13.7. The molecule has 0 radical (unpaired) electrons. The summed E-state index contributed by atoms with van der Waals surface area (Å²) in [7, 11) is 0. The number of ether oxygens (including phenoxy) is 1. The van der Waals surface area contributed by atoms with Crippen molar-refractivity contribution in [1.82, 2.24) is 4.90 Å². The van der Waals surface area contributed by atoms with Gasteiger partial charge in [-0.25, -0.2) is 8.78 Å². The monoisotopic (exact) mass is 299 g/mol. The minimum absolute atomic E-state index is 0.00960. The Hall–Kier alpha value is -2.02. The van der Waals surface area contributed by atoms with Crippen LogP contribution >= 0.6 is 0 Å². The molecule has 1 fully saturated rings. The van der Waals surface area contributed by atoms with Crippen LogP contribution in [0, 0.1) is 17.6 Å². The van der Waals surface area contributed by atoms with Gasteiger partial charge >= 0.3 is 5.97 Å². The average molecular weight is 299 g/mol. The Balaban J connectivity index is 2.28. The van der Waals surface area contributed by atoms with Gasteiger partial charge in [0, 0.05) is 12.6 Å². The van der Waals surface area contributed by atoms with Crippen LogP contribution in [0.4, 0.5) is 8.78 Å². The molecule has 114 valence electrons. The summed E-state index contributed by atoms with van der Waals surface area (Å²) in [6.07, 6.45) is 0. The number of halogens is 2. The maximum atomic E-state index is 13.7. The standard InChI is InChI=1S/C14H15F2NO4/c1-2-17(12-7-21-6-10(12)14(19)20)13(18)9-4-3-8(15)5-11(9)16/h3-5,10,12H,2,6-7H2,1H3,(H,19,20). The fourth-order valence-corrected chi connectivity index (χ4v) is 2.43. The first kappa shape index (κ1) is 15.4. The molecule has 0 spiro atoms. The third kappa shape index (κ3) is 3.02. The molecular formula is C14H15F2NO4. The number of hydrogen-bond donors (Lipinski definition) is 1. The summed E-state index contributed by atoms with van der Waals surface area (Å²) >= 11 is 0. The van der Waals surface area contributed by atoms with E-state index in [2.05, 4.69) is 0 Å². The summed E-state index contributed by atoms with van der Waals surface area (Å²) in [6, 6.07) is 2.01. The average Bonchev–Trinajstić information content (AvgIpc) is 2.88. The van der Waals surface area contributed by atoms with Crippen LogP contribution in [0.25, 0.3) is 0 Å². The molecule has 1 aromatic rings. The van der Waals surface area contributed by atoms with E-state index in [1.807, 2.05) is 0 Å². The first-order valence-electron chi connectivity index (χ1n) is 6.52. The quantitative estimate of drug-likeness (QED) is 0.915. The lowest BCUT2D eigenvalue weighted by molar-refractivity contribution is -0.142. The second-order valence-electron chi connectivity index (χ2n) is 4.76. The molecule has 1 aromatic carbocycles. The topological polar surface area (TPSA) is 66.8 Å². The summed E-state index contributed by atoms with van der Waals surface area (Å²) in [4.78, 5) is 24.8. The summed E-state index contributed by atoms with van der Waals surface area (Å²) in [6.45, 7) is 1.96. The van der Waals surface area contributed by atoms with Crippen LogP contribution in [0.2, 0.25) is 0 Å². The number of nitrogens with zero attached hydrogens (tertiary/aromatic N) is 1. The van der Waals surface area contributed by atoms with Gasteiger partial charge in [0.1, 0.15) is 17.6 Å². The zero-order valence-electron chi connectivity index (χ0n) is 11.4. The van der Waals surface area contributed by atoms with Crippen LogP contribution in [-0.2, 0) is 9.53 Å². The molecule has 5 nitrogen and oxygen atoms in total. The molecule has 2 unspecified atom stereocenters. The molecule has 2 atom stereocenters. The molecular weight excluding hydrogens is 284 g/mol. The molecule has 1 heterocycles. The van der Waals surface area contributed by atoms with Crippen LogP contribution in [0.1, 0.15) is 17.3 Å². The minimum atomic E-state index is -1.07. The number of likely N-dealkylation sites (N-methyl/N-ethyl adjacent to an activating group) is 1. The van der Waals surface area contributed by atoms with Crippen LogP contribution in [0.3, 0.4) is 0 Å². The predicted octanol–water partition coefficient (Wildman–Crippen LogP) is 1.53. The molecule has 0 saturated carbocycles. The van der Waals surface area contributed by atoms with Crippen molar-refractivity contribution in [2.24, 2.45) is 5.92 Å². The van der Waals surface area contributed by atoms with Crippen molar-refractivity contribution in [2.45, 2.75) is 13.0 Å². The van der Waals surface area contributed by atoms with Crippen molar-refractivity contribution < 1.29 is 28.2 Å². The minimum Gasteiger partial charge on any atom is -0.481 e. The smallest absolute Gasteiger partial charge is 0.311 e. The molecule has 0 aromatic heterocycles. The van der Waals surface area contributed by atoms with Gasteiger partial charge in [-0.1, -0.05) is 0 Å². The molecule has 21 heavy (non-hydrogen) atoms. The first-order chi connectivity index (χ1) is 9.95. The van der Waals surface area contributed by atoms with Gasteiger partial charge in [0.15, 0.2) is 0 Å². The van der Waals surface area contributed by atoms with Crippen molar-refractivity contribution in [3.8, 4) is 0 Å². The molecule has 2 rings (SSSR count). The van der Waals surface area contributed by atoms with E-state index >= 15 is 0 Å². The van der Waals surface area contributed by atoms with Gasteiger partial charge in [-0.15, -0.1) is 0 Å². The number of carboxylic acids is 1. The number of carbonyl (C=O) groups excluding carboxylic acids is 1. The maximum Gasteiger partial charge on any atom is 0.311 e. The number of amides is 1. The van der Waals surface area contributed by atoms with Crippen molar-refractivity contribution in [3.05, 3.63) is 35.4 Å². The van der Waals surface area contributed by atoms with E-state index in [4.69, 9.17) is 9.84 Å². The molecule has 7 heteroatoms. The lowest BCUT2D eigenvalue weighted by Crippen LogP contribution is -2.46. The van der Waals surface area contributed by atoms with Gasteiger partial charge in [-0.2, -0.15) is 0 Å². The number of benzene rings is 1. The number of aliphatic carboxylic acids is 1. The second-order valence-corrected chi connectivity index (χ2v) is 4.76. The van der Waals surface area contributed by atoms with E-state index in [-0.39, 0.29) is 25.3 Å². The van der Waals surface area contributed by atoms with Gasteiger partial charge in [-0.05, 0) is 19.1 Å². The Morgan fingerprint density at radius 1 is 1.38 bits per heavy atom. The van der Waals surface area contributed by atoms with E-state index in [0.717, 1.165) is 12.1 Å². The fourth-order valence-electron chi connectivity index (χ4n) is 2.43. The van der Waals surface area contributed by atoms with E-state index in [9.17, 15) is 18.4 Å². The molecule has 1 aliphatic heterocycles. The van der Waals surface area contributed by atoms with Crippen LogP contribution in [0.15, 0.2) is 18.2 Å². The highest BCUT2D eigenvalue weighted by Gasteiger charge is 2.40. The zero-order valence-corrected chi connectivity index (χ0v) is 11.4. The molecule has 0 bridgehead atoms. The largest absolute Gasteiger partial charge is 0.481 e. The molecule has 1 amide bonds. The summed E-state index contributed by atoms with van der Waals surface area (Å²) in [5.74, 6) is -4.33. The molecule has 0 aliphatic carbocycles. The highest BCUT2D eigenvalue weighted by molar-refractivity contribution is 5.95. The zero-order chi connectivity index (χ0) is 15.6. The van der Waals surface area contributed by atoms with Crippen molar-refractivity contribution >= 4 is 11.9 Å². The van der Waals surface area contributed by atoms with Gasteiger partial charge in [0.2, 0.25) is 0 Å². The SMILES string of the molecule is CCN(C(=O)c1ccc(F)cc1F)C1COCC1C(=O)O. The summed E-state index contributed by atoms with van der Waals surface area (Å²) < 4.78 is 31.7. The number of carboxylic acid groups (broad SMARTS) is 1. The normalized spacial score (nSPS) is 21.3. The van der Waals surface area contributed by atoms with Crippen molar-refractivity contribution in [2.75, 3.05) is 19.8 Å². The highest BCUT2D eigenvalue weighted by atomic mass is 19.1. The van der Waals surface area contributed by atoms with Crippen molar-refractivity contribution in [1.29, 1.82) is 0 Å². The van der Waals surface area contributed by atoms with Gasteiger partial charge < -0.3 is 14.7 Å². The van der Waals surface area contributed by atoms with Gasteiger partial charge in [0.25, 0.3) is 5.91 Å². The number of hydrogen-bond acceptors (Lipinski definition) is 3. The van der Waals surface area contributed by atoms with Crippen LogP contribution in [0.5, 0.6) is 0 Å². The molecule has 1 aliphatic rings. The third-order valence-electron chi connectivity index (χ3n) is 3.53. The Labute approximate surface area is 120 Å². The lowest BCUT2D eigenvalue weighted by Gasteiger charge is -2.29. The molecule has 1 saturated heterocycles. The number of rotatable bonds is 4. The molecule has 1 N–H and O–H groups in total. The Kier molecular flexibility index (Phi) is 4.52. The summed E-state index contributed by atoms with van der Waals surface area (Å²) in [5.41, 5.74) is -0.283. The first-order valence-corrected chi connectivity index (χ1v) is 6.52. The Bertz CT molecular complexity index is 564. The Morgan fingerprint density at radius 3 is 2.67 bits per heavy atom. The van der Waals surface area contributed by atoms with E-state index < -0.39 is 35.5 Å².